The minimum Gasteiger partial charge on any atom is -0.376 e. The van der Waals surface area contributed by atoms with Crippen molar-refractivity contribution >= 4 is 11.9 Å². The second-order valence-corrected chi connectivity index (χ2v) is 8.77. The van der Waals surface area contributed by atoms with E-state index in [0.717, 1.165) is 61.3 Å². The fraction of sp³-hybridized carbons (Fsp3) is 0.750. The fourth-order valence-electron chi connectivity index (χ4n) is 4.36. The van der Waals surface area contributed by atoms with Gasteiger partial charge in [0.05, 0.1) is 24.3 Å². The zero-order valence-electron chi connectivity index (χ0n) is 15.6. The molecule has 1 unspecified atom stereocenters. The monoisotopic (exact) mass is 356 g/mol. The van der Waals surface area contributed by atoms with Crippen LogP contribution in [0.25, 0.3) is 0 Å². The van der Waals surface area contributed by atoms with E-state index in [0.29, 0.717) is 25.0 Å². The van der Waals surface area contributed by atoms with Gasteiger partial charge in [-0.25, -0.2) is 9.97 Å². The Bertz CT molecular complexity index is 729. The number of rotatable bonds is 5. The van der Waals surface area contributed by atoms with Gasteiger partial charge in [0.25, 0.3) is 0 Å². The van der Waals surface area contributed by atoms with Crippen molar-refractivity contribution in [3.63, 3.8) is 0 Å². The molecule has 1 aromatic rings. The number of nitrogens with zero attached hydrogens (tertiary/aromatic N) is 3. The smallest absolute Gasteiger partial charge is 0.223 e. The van der Waals surface area contributed by atoms with Crippen LogP contribution in [0.2, 0.25) is 0 Å². The van der Waals surface area contributed by atoms with Crippen molar-refractivity contribution in [2.45, 2.75) is 57.5 Å². The number of likely N-dealkylation sites (tertiary alicyclic amines) is 1. The van der Waals surface area contributed by atoms with E-state index >= 15 is 0 Å². The minimum absolute atomic E-state index is 0.156. The first-order valence-electron chi connectivity index (χ1n) is 10.1. The van der Waals surface area contributed by atoms with Crippen LogP contribution >= 0.6 is 0 Å². The number of carbonyl (C=O) groups excluding carboxylic acids is 1. The second kappa shape index (κ2) is 6.19. The van der Waals surface area contributed by atoms with E-state index in [9.17, 15) is 4.79 Å². The highest BCUT2D eigenvalue weighted by atomic mass is 16.5. The Morgan fingerprint density at radius 3 is 2.85 bits per heavy atom. The van der Waals surface area contributed by atoms with E-state index in [-0.39, 0.29) is 5.41 Å². The van der Waals surface area contributed by atoms with Crippen molar-refractivity contribution in [2.75, 3.05) is 31.6 Å². The molecule has 2 aliphatic heterocycles. The molecule has 3 fully saturated rings. The summed E-state index contributed by atoms with van der Waals surface area (Å²) in [6.45, 7) is 5.82. The normalized spacial score (nSPS) is 27.7. The maximum absolute atomic E-state index is 12.6. The predicted octanol–water partition coefficient (Wildman–Crippen LogP) is 2.41. The highest BCUT2D eigenvalue weighted by molar-refractivity contribution is 5.77. The molecule has 140 valence electrons. The number of aromatic nitrogens is 2. The van der Waals surface area contributed by atoms with Gasteiger partial charge in [0.2, 0.25) is 11.9 Å². The molecule has 0 aromatic carbocycles. The van der Waals surface area contributed by atoms with E-state index in [2.05, 4.69) is 17.2 Å². The van der Waals surface area contributed by atoms with Crippen LogP contribution in [0, 0.1) is 18.8 Å². The number of nitrogens with one attached hydrogen (secondary N) is 1. The number of amides is 1. The average Bonchev–Trinajstić information content (AvgIpc) is 3.55. The Labute approximate surface area is 154 Å². The highest BCUT2D eigenvalue weighted by Crippen LogP contribution is 2.41. The summed E-state index contributed by atoms with van der Waals surface area (Å²) in [4.78, 5) is 24.2. The van der Waals surface area contributed by atoms with Gasteiger partial charge in [-0.05, 0) is 50.9 Å². The summed E-state index contributed by atoms with van der Waals surface area (Å²) in [6.07, 6.45) is 6.73. The largest absolute Gasteiger partial charge is 0.376 e. The van der Waals surface area contributed by atoms with Crippen LogP contribution in [0.15, 0.2) is 0 Å². The van der Waals surface area contributed by atoms with E-state index < -0.39 is 0 Å². The zero-order valence-corrected chi connectivity index (χ0v) is 15.6. The molecule has 26 heavy (non-hydrogen) atoms. The summed E-state index contributed by atoms with van der Waals surface area (Å²) in [7, 11) is 0. The van der Waals surface area contributed by atoms with Gasteiger partial charge in [-0.2, -0.15) is 0 Å². The van der Waals surface area contributed by atoms with Crippen LogP contribution in [-0.2, 0) is 21.6 Å². The lowest BCUT2D eigenvalue weighted by atomic mass is 9.80. The van der Waals surface area contributed by atoms with Gasteiger partial charge >= 0.3 is 0 Å². The Morgan fingerprint density at radius 1 is 1.27 bits per heavy atom. The van der Waals surface area contributed by atoms with E-state index in [1.54, 1.807) is 0 Å². The first-order valence-corrected chi connectivity index (χ1v) is 10.1. The van der Waals surface area contributed by atoms with Gasteiger partial charge in [-0.3, -0.25) is 4.79 Å². The van der Waals surface area contributed by atoms with Gasteiger partial charge in [-0.1, -0.05) is 0 Å². The minimum atomic E-state index is -0.156. The third-order valence-corrected chi connectivity index (χ3v) is 6.45. The SMILES string of the molecule is Cc1nc(NCC2CC2)nc2c1COCC21CCN(C(=O)CC2CC2)C1. The van der Waals surface area contributed by atoms with Crippen LogP contribution in [0.1, 0.15) is 55.5 Å². The Morgan fingerprint density at radius 2 is 2.08 bits per heavy atom. The zero-order chi connectivity index (χ0) is 17.7. The van der Waals surface area contributed by atoms with Crippen molar-refractivity contribution in [2.24, 2.45) is 11.8 Å². The Hall–Kier alpha value is -1.69. The van der Waals surface area contributed by atoms with Crippen LogP contribution in [-0.4, -0.2) is 47.0 Å². The van der Waals surface area contributed by atoms with Crippen LogP contribution < -0.4 is 5.32 Å². The van der Waals surface area contributed by atoms with Crippen LogP contribution in [0.3, 0.4) is 0 Å². The van der Waals surface area contributed by atoms with Gasteiger partial charge in [0.15, 0.2) is 0 Å². The molecule has 1 amide bonds. The van der Waals surface area contributed by atoms with E-state index in [1.165, 1.54) is 25.7 Å². The van der Waals surface area contributed by atoms with Gasteiger partial charge in [-0.15, -0.1) is 0 Å². The molecule has 6 nitrogen and oxygen atoms in total. The third-order valence-electron chi connectivity index (χ3n) is 6.45. The number of carbonyl (C=O) groups is 1. The molecule has 0 radical (unpaired) electrons. The summed E-state index contributed by atoms with van der Waals surface area (Å²) in [5, 5.41) is 3.43. The van der Waals surface area contributed by atoms with Gasteiger partial charge in [0, 0.05) is 37.3 Å². The maximum Gasteiger partial charge on any atom is 0.223 e. The summed E-state index contributed by atoms with van der Waals surface area (Å²) in [6, 6.07) is 0. The van der Waals surface area contributed by atoms with Crippen molar-refractivity contribution < 1.29 is 9.53 Å². The number of hydrogen-bond acceptors (Lipinski definition) is 5. The predicted molar refractivity (Wildman–Crippen MR) is 97.9 cm³/mol. The molecule has 1 saturated heterocycles. The second-order valence-electron chi connectivity index (χ2n) is 8.77. The molecule has 3 heterocycles. The number of hydrogen-bond donors (Lipinski definition) is 1. The number of ether oxygens (including phenoxy) is 1. The highest BCUT2D eigenvalue weighted by Gasteiger charge is 2.47. The lowest BCUT2D eigenvalue weighted by Crippen LogP contribution is -2.42. The van der Waals surface area contributed by atoms with Gasteiger partial charge < -0.3 is 15.0 Å². The molecule has 1 N–H and O–H groups in total. The average molecular weight is 356 g/mol. The fourth-order valence-corrected chi connectivity index (χ4v) is 4.36. The topological polar surface area (TPSA) is 67.4 Å². The molecule has 1 aromatic heterocycles. The third kappa shape index (κ3) is 3.08. The lowest BCUT2D eigenvalue weighted by Gasteiger charge is -2.35. The first-order chi connectivity index (χ1) is 12.6. The Balaban J connectivity index is 1.39. The number of fused-ring (bicyclic) bond motifs is 2. The lowest BCUT2D eigenvalue weighted by molar-refractivity contribution is -0.130. The molecular weight excluding hydrogens is 328 g/mol. The molecule has 2 aliphatic carbocycles. The molecule has 4 aliphatic rings. The van der Waals surface area contributed by atoms with Gasteiger partial charge in [0.1, 0.15) is 0 Å². The molecule has 0 bridgehead atoms. The van der Waals surface area contributed by atoms with Crippen molar-refractivity contribution in [3.8, 4) is 0 Å². The summed E-state index contributed by atoms with van der Waals surface area (Å²) in [5.74, 6) is 2.48. The molecule has 5 rings (SSSR count). The first kappa shape index (κ1) is 16.5. The van der Waals surface area contributed by atoms with E-state index in [4.69, 9.17) is 9.72 Å². The van der Waals surface area contributed by atoms with Crippen LogP contribution in [0.4, 0.5) is 5.95 Å². The summed E-state index contributed by atoms with van der Waals surface area (Å²) in [5.41, 5.74) is 3.10. The molecule has 6 heteroatoms. The van der Waals surface area contributed by atoms with Crippen molar-refractivity contribution in [1.82, 2.24) is 14.9 Å². The number of aryl methyl sites for hydroxylation is 1. The number of anilines is 1. The quantitative estimate of drug-likeness (QED) is 0.877. The molecule has 1 spiro atoms. The maximum atomic E-state index is 12.6. The van der Waals surface area contributed by atoms with Crippen molar-refractivity contribution in [3.05, 3.63) is 17.0 Å². The molecule has 2 saturated carbocycles. The Kier molecular flexibility index (Phi) is 3.92. The molecular formula is C20H28N4O2. The van der Waals surface area contributed by atoms with Crippen LogP contribution in [0.5, 0.6) is 0 Å². The summed E-state index contributed by atoms with van der Waals surface area (Å²) >= 11 is 0. The van der Waals surface area contributed by atoms with Crippen molar-refractivity contribution in [1.29, 1.82) is 0 Å². The van der Waals surface area contributed by atoms with E-state index in [1.807, 2.05) is 4.90 Å². The summed E-state index contributed by atoms with van der Waals surface area (Å²) < 4.78 is 5.95. The standard InChI is InChI=1S/C20H28N4O2/c1-13-16-10-26-12-20(6-7-24(11-20)17(25)8-14-2-3-14)18(16)23-19(22-13)21-9-15-4-5-15/h14-15H,2-12H2,1H3,(H,21,22,23). The molecule has 1 atom stereocenters.